The van der Waals surface area contributed by atoms with Crippen LogP contribution < -0.4 is 9.80 Å². The van der Waals surface area contributed by atoms with Crippen molar-refractivity contribution < 1.29 is 0 Å². The van der Waals surface area contributed by atoms with Crippen LogP contribution in [0.4, 0.5) is 11.8 Å². The van der Waals surface area contributed by atoms with Gasteiger partial charge in [0.25, 0.3) is 0 Å². The van der Waals surface area contributed by atoms with Crippen molar-refractivity contribution in [2.24, 2.45) is 0 Å². The van der Waals surface area contributed by atoms with Crippen molar-refractivity contribution in [3.8, 4) is 0 Å². The summed E-state index contributed by atoms with van der Waals surface area (Å²) < 4.78 is 0. The maximum absolute atomic E-state index is 4.71. The number of rotatable bonds is 4. The average molecular weight is 411 g/mol. The highest BCUT2D eigenvalue weighted by Crippen LogP contribution is 2.28. The van der Waals surface area contributed by atoms with Crippen LogP contribution >= 0.6 is 0 Å². The van der Waals surface area contributed by atoms with Gasteiger partial charge in [0, 0.05) is 55.3 Å². The van der Waals surface area contributed by atoms with Crippen LogP contribution in [0.25, 0.3) is 10.8 Å². The van der Waals surface area contributed by atoms with Crippen LogP contribution in [-0.2, 0) is 6.42 Å². The van der Waals surface area contributed by atoms with E-state index in [9.17, 15) is 0 Å². The Balaban J connectivity index is 1.42. The van der Waals surface area contributed by atoms with E-state index in [1.54, 1.807) is 0 Å². The van der Waals surface area contributed by atoms with Crippen LogP contribution in [0.3, 0.4) is 0 Å². The first-order valence-electron chi connectivity index (χ1n) is 10.9. The number of hydrogen-bond donors (Lipinski definition) is 0. The molecule has 156 valence electrons. The molecule has 1 fully saturated rings. The number of nitrogens with zero attached hydrogens (tertiary/aromatic N) is 6. The second-order valence-corrected chi connectivity index (χ2v) is 8.00. The van der Waals surface area contributed by atoms with E-state index in [1.807, 2.05) is 25.3 Å². The van der Waals surface area contributed by atoms with Gasteiger partial charge in [-0.2, -0.15) is 5.10 Å². The molecular weight excluding hydrogens is 384 g/mol. The summed E-state index contributed by atoms with van der Waals surface area (Å²) in [6.45, 7) is 5.63. The largest absolute Gasteiger partial charge is 0.353 e. The fourth-order valence-electron chi connectivity index (χ4n) is 4.22. The van der Waals surface area contributed by atoms with Crippen LogP contribution in [0.15, 0.2) is 66.9 Å². The van der Waals surface area contributed by atoms with Gasteiger partial charge < -0.3 is 9.80 Å². The highest BCUT2D eigenvalue weighted by atomic mass is 15.3. The molecule has 2 aromatic heterocycles. The molecule has 6 nitrogen and oxygen atoms in total. The van der Waals surface area contributed by atoms with Crippen LogP contribution in [0.1, 0.15) is 23.4 Å². The second-order valence-electron chi connectivity index (χ2n) is 8.00. The van der Waals surface area contributed by atoms with Gasteiger partial charge >= 0.3 is 0 Å². The minimum atomic E-state index is 0.785. The lowest BCUT2D eigenvalue weighted by Gasteiger charge is -2.24. The normalized spacial score (nSPS) is 14.6. The van der Waals surface area contributed by atoms with E-state index in [0.29, 0.717) is 0 Å². The van der Waals surface area contributed by atoms with E-state index in [2.05, 4.69) is 73.4 Å². The van der Waals surface area contributed by atoms with Crippen molar-refractivity contribution in [3.05, 3.63) is 83.8 Å². The summed E-state index contributed by atoms with van der Waals surface area (Å²) in [7, 11) is 0. The van der Waals surface area contributed by atoms with Gasteiger partial charge in [-0.05, 0) is 25.0 Å². The quantitative estimate of drug-likeness (QED) is 0.506. The van der Waals surface area contributed by atoms with Gasteiger partial charge in [-0.25, -0.2) is 9.97 Å². The molecule has 0 spiro atoms. The fourth-order valence-corrected chi connectivity index (χ4v) is 4.22. The molecular formula is C25H26N6. The average Bonchev–Trinajstić information content (AvgIpc) is 3.06. The fraction of sp³-hybridized carbons (Fsp3) is 0.280. The van der Waals surface area contributed by atoms with E-state index < -0.39 is 0 Å². The Morgan fingerprint density at radius 2 is 1.52 bits per heavy atom. The summed E-state index contributed by atoms with van der Waals surface area (Å²) >= 11 is 0. The zero-order valence-electron chi connectivity index (χ0n) is 17.8. The van der Waals surface area contributed by atoms with Crippen molar-refractivity contribution in [3.63, 3.8) is 0 Å². The summed E-state index contributed by atoms with van der Waals surface area (Å²) in [5.41, 5.74) is 3.27. The third kappa shape index (κ3) is 4.19. The molecule has 1 aliphatic heterocycles. The van der Waals surface area contributed by atoms with Gasteiger partial charge in [0.05, 0.1) is 5.69 Å². The number of fused-ring (bicyclic) bond motifs is 1. The van der Waals surface area contributed by atoms with Crippen LogP contribution in [0.2, 0.25) is 0 Å². The lowest BCUT2D eigenvalue weighted by atomic mass is 10.0. The lowest BCUT2D eigenvalue weighted by Crippen LogP contribution is -2.32. The zero-order valence-corrected chi connectivity index (χ0v) is 17.8. The highest BCUT2D eigenvalue weighted by Gasteiger charge is 2.21. The molecule has 3 heterocycles. The Bertz CT molecular complexity index is 1180. The predicted molar refractivity (Wildman–Crippen MR) is 125 cm³/mol. The third-order valence-corrected chi connectivity index (χ3v) is 5.82. The topological polar surface area (TPSA) is 58.0 Å². The van der Waals surface area contributed by atoms with Gasteiger partial charge in [-0.3, -0.25) is 0 Å². The molecule has 5 rings (SSSR count). The van der Waals surface area contributed by atoms with Gasteiger partial charge in [0.1, 0.15) is 0 Å². The Labute approximate surface area is 182 Å². The molecule has 31 heavy (non-hydrogen) atoms. The number of hydrogen-bond acceptors (Lipinski definition) is 6. The summed E-state index contributed by atoms with van der Waals surface area (Å²) in [5, 5.41) is 11.7. The first-order chi connectivity index (χ1) is 15.3. The van der Waals surface area contributed by atoms with E-state index in [0.717, 1.165) is 62.2 Å². The first-order valence-corrected chi connectivity index (χ1v) is 10.9. The SMILES string of the molecule is Cc1ccnc(N2CCCN(c3nnc(Cc4ccccc4)c4ccccc34)CC2)n1. The summed E-state index contributed by atoms with van der Waals surface area (Å²) in [6.07, 6.45) is 3.65. The van der Waals surface area contributed by atoms with Crippen LogP contribution in [-0.4, -0.2) is 46.3 Å². The van der Waals surface area contributed by atoms with Gasteiger partial charge in [0.15, 0.2) is 5.82 Å². The molecule has 4 aromatic rings. The molecule has 0 saturated carbocycles. The predicted octanol–water partition coefficient (Wildman–Crippen LogP) is 4.04. The Hall–Kier alpha value is -3.54. The molecule has 6 heteroatoms. The molecule has 0 bridgehead atoms. The van der Waals surface area contributed by atoms with Crippen molar-refractivity contribution in [1.29, 1.82) is 0 Å². The first kappa shape index (κ1) is 19.4. The molecule has 0 atom stereocenters. The Morgan fingerprint density at radius 3 is 2.35 bits per heavy atom. The van der Waals surface area contributed by atoms with Crippen LogP contribution in [0, 0.1) is 6.92 Å². The molecule has 0 unspecified atom stereocenters. The van der Waals surface area contributed by atoms with E-state index in [1.165, 1.54) is 16.3 Å². The summed E-state index contributed by atoms with van der Waals surface area (Å²) in [5.74, 6) is 1.79. The maximum Gasteiger partial charge on any atom is 0.225 e. The van der Waals surface area contributed by atoms with Crippen molar-refractivity contribution in [2.75, 3.05) is 36.0 Å². The second kappa shape index (κ2) is 8.68. The number of aryl methyl sites for hydroxylation is 1. The zero-order chi connectivity index (χ0) is 21.0. The molecule has 0 amide bonds. The summed E-state index contributed by atoms with van der Waals surface area (Å²) in [6, 6.07) is 20.9. The molecule has 0 aliphatic carbocycles. The summed E-state index contributed by atoms with van der Waals surface area (Å²) in [4.78, 5) is 13.7. The van der Waals surface area contributed by atoms with Gasteiger partial charge in [-0.1, -0.05) is 54.6 Å². The standard InChI is InChI=1S/C25H26N6/c1-19-12-13-26-25(27-19)31-15-7-14-30(16-17-31)24-22-11-6-5-10-21(22)23(28-29-24)18-20-8-3-2-4-9-20/h2-6,8-13H,7,14-18H2,1H3. The highest BCUT2D eigenvalue weighted by molar-refractivity contribution is 5.93. The lowest BCUT2D eigenvalue weighted by molar-refractivity contribution is 0.778. The van der Waals surface area contributed by atoms with Crippen molar-refractivity contribution in [2.45, 2.75) is 19.8 Å². The van der Waals surface area contributed by atoms with E-state index in [-0.39, 0.29) is 0 Å². The number of anilines is 2. The monoisotopic (exact) mass is 410 g/mol. The number of aromatic nitrogens is 4. The van der Waals surface area contributed by atoms with Gasteiger partial charge in [0.2, 0.25) is 5.95 Å². The van der Waals surface area contributed by atoms with Crippen molar-refractivity contribution in [1.82, 2.24) is 20.2 Å². The smallest absolute Gasteiger partial charge is 0.225 e. The number of benzene rings is 2. The molecule has 0 radical (unpaired) electrons. The van der Waals surface area contributed by atoms with Crippen molar-refractivity contribution >= 4 is 22.5 Å². The molecule has 2 aromatic carbocycles. The molecule has 1 aliphatic rings. The van der Waals surface area contributed by atoms with Gasteiger partial charge in [-0.15, -0.1) is 5.10 Å². The maximum atomic E-state index is 4.71. The Kier molecular flexibility index (Phi) is 5.44. The van der Waals surface area contributed by atoms with Crippen LogP contribution in [0.5, 0.6) is 0 Å². The molecule has 0 N–H and O–H groups in total. The molecule has 1 saturated heterocycles. The Morgan fingerprint density at radius 1 is 0.774 bits per heavy atom. The minimum Gasteiger partial charge on any atom is -0.353 e. The minimum absolute atomic E-state index is 0.785. The third-order valence-electron chi connectivity index (χ3n) is 5.82. The van der Waals surface area contributed by atoms with E-state index >= 15 is 0 Å². The van der Waals surface area contributed by atoms with E-state index in [4.69, 9.17) is 5.10 Å².